The van der Waals surface area contributed by atoms with Crippen molar-refractivity contribution >= 4 is 11.9 Å². The summed E-state index contributed by atoms with van der Waals surface area (Å²) in [6.07, 6.45) is 22.2. The molecule has 0 saturated heterocycles. The van der Waals surface area contributed by atoms with Gasteiger partial charge in [-0.15, -0.1) is 0 Å². The van der Waals surface area contributed by atoms with Gasteiger partial charge in [-0.05, 0) is 51.0 Å². The van der Waals surface area contributed by atoms with Gasteiger partial charge in [-0.2, -0.15) is 0 Å². The Balaban J connectivity index is 4.25. The lowest BCUT2D eigenvalue weighted by Gasteiger charge is -2.14. The van der Waals surface area contributed by atoms with E-state index in [2.05, 4.69) is 44.2 Å². The van der Waals surface area contributed by atoms with Crippen molar-refractivity contribution in [2.24, 2.45) is 0 Å². The molecule has 0 aromatic carbocycles. The summed E-state index contributed by atoms with van der Waals surface area (Å²) < 4.78 is 5.60. The van der Waals surface area contributed by atoms with E-state index in [1.807, 2.05) is 6.08 Å². The van der Waals surface area contributed by atoms with E-state index >= 15 is 0 Å². The number of carboxylic acids is 1. The SMILES string of the molecule is CC/C=C\C/C=C\C/C=C\C(CCCCCCC(=O)O)OC(=O)CCCC. The highest BCUT2D eigenvalue weighted by Crippen LogP contribution is 2.13. The number of carbonyl (C=O) groups excluding carboxylic acids is 1. The summed E-state index contributed by atoms with van der Waals surface area (Å²) in [6, 6.07) is 0. The van der Waals surface area contributed by atoms with Crippen molar-refractivity contribution in [3.8, 4) is 0 Å². The number of rotatable bonds is 17. The van der Waals surface area contributed by atoms with Gasteiger partial charge in [0.2, 0.25) is 0 Å². The molecule has 27 heavy (non-hydrogen) atoms. The van der Waals surface area contributed by atoms with Crippen molar-refractivity contribution in [1.29, 1.82) is 0 Å². The van der Waals surface area contributed by atoms with Gasteiger partial charge in [0.05, 0.1) is 0 Å². The summed E-state index contributed by atoms with van der Waals surface area (Å²) in [5, 5.41) is 8.65. The molecule has 0 saturated carbocycles. The van der Waals surface area contributed by atoms with Crippen LogP contribution in [-0.2, 0) is 14.3 Å². The van der Waals surface area contributed by atoms with Crippen molar-refractivity contribution in [3.63, 3.8) is 0 Å². The topological polar surface area (TPSA) is 63.6 Å². The molecule has 1 atom stereocenters. The number of aliphatic carboxylic acids is 1. The van der Waals surface area contributed by atoms with E-state index in [0.29, 0.717) is 12.8 Å². The van der Waals surface area contributed by atoms with Crippen molar-refractivity contribution in [2.75, 3.05) is 0 Å². The summed E-state index contributed by atoms with van der Waals surface area (Å²) >= 11 is 0. The average Bonchev–Trinajstić information content (AvgIpc) is 2.64. The normalized spacial score (nSPS) is 13.0. The molecule has 0 aliphatic heterocycles. The molecule has 4 heteroatoms. The van der Waals surface area contributed by atoms with E-state index in [1.165, 1.54) is 0 Å². The van der Waals surface area contributed by atoms with Crippen LogP contribution in [0.25, 0.3) is 0 Å². The van der Waals surface area contributed by atoms with Crippen LogP contribution in [0.15, 0.2) is 36.5 Å². The number of hydrogen-bond acceptors (Lipinski definition) is 3. The number of allylic oxidation sites excluding steroid dienone is 5. The van der Waals surface area contributed by atoms with Crippen molar-refractivity contribution < 1.29 is 19.4 Å². The number of carboxylic acid groups (broad SMARTS) is 1. The lowest BCUT2D eigenvalue weighted by atomic mass is 10.1. The lowest BCUT2D eigenvalue weighted by Crippen LogP contribution is -2.16. The fraction of sp³-hybridized carbons (Fsp3) is 0.652. The summed E-state index contributed by atoms with van der Waals surface area (Å²) in [6.45, 7) is 4.18. The maximum Gasteiger partial charge on any atom is 0.306 e. The maximum absolute atomic E-state index is 11.9. The maximum atomic E-state index is 11.9. The smallest absolute Gasteiger partial charge is 0.306 e. The molecular formula is C23H38O4. The lowest BCUT2D eigenvalue weighted by molar-refractivity contribution is -0.147. The Morgan fingerprint density at radius 1 is 0.852 bits per heavy atom. The highest BCUT2D eigenvalue weighted by Gasteiger charge is 2.11. The molecular weight excluding hydrogens is 340 g/mol. The first kappa shape index (κ1) is 25.2. The van der Waals surface area contributed by atoms with Crippen LogP contribution in [0.1, 0.15) is 90.9 Å². The summed E-state index contributed by atoms with van der Waals surface area (Å²) in [5.74, 6) is -0.864. The number of carbonyl (C=O) groups is 2. The third-order valence-corrected chi connectivity index (χ3v) is 4.11. The van der Waals surface area contributed by atoms with E-state index in [1.54, 1.807) is 0 Å². The average molecular weight is 379 g/mol. The van der Waals surface area contributed by atoms with Crippen molar-refractivity contribution in [1.82, 2.24) is 0 Å². The Labute approximate surface area is 165 Å². The first-order valence-electron chi connectivity index (χ1n) is 10.5. The molecule has 4 nitrogen and oxygen atoms in total. The molecule has 1 N–H and O–H groups in total. The molecule has 0 bridgehead atoms. The number of esters is 1. The second kappa shape index (κ2) is 18.9. The van der Waals surface area contributed by atoms with Crippen LogP contribution in [0.2, 0.25) is 0 Å². The third-order valence-electron chi connectivity index (χ3n) is 4.11. The van der Waals surface area contributed by atoms with Gasteiger partial charge in [-0.1, -0.05) is 63.5 Å². The Kier molecular flexibility index (Phi) is 17.6. The van der Waals surface area contributed by atoms with Crippen molar-refractivity contribution in [2.45, 2.75) is 97.0 Å². The van der Waals surface area contributed by atoms with E-state index in [9.17, 15) is 9.59 Å². The van der Waals surface area contributed by atoms with E-state index in [4.69, 9.17) is 9.84 Å². The van der Waals surface area contributed by atoms with E-state index < -0.39 is 5.97 Å². The first-order valence-corrected chi connectivity index (χ1v) is 10.5. The highest BCUT2D eigenvalue weighted by molar-refractivity contribution is 5.69. The number of ether oxygens (including phenoxy) is 1. The molecule has 0 rings (SSSR count). The molecule has 0 aromatic rings. The zero-order valence-electron chi connectivity index (χ0n) is 17.2. The van der Waals surface area contributed by atoms with Gasteiger partial charge in [0, 0.05) is 12.8 Å². The molecule has 0 aromatic heterocycles. The van der Waals surface area contributed by atoms with Crippen LogP contribution in [0.3, 0.4) is 0 Å². The van der Waals surface area contributed by atoms with Crippen LogP contribution < -0.4 is 0 Å². The van der Waals surface area contributed by atoms with Gasteiger partial charge in [0.25, 0.3) is 0 Å². The van der Waals surface area contributed by atoms with Crippen LogP contribution in [0.5, 0.6) is 0 Å². The molecule has 0 radical (unpaired) electrons. The zero-order valence-corrected chi connectivity index (χ0v) is 17.2. The molecule has 0 spiro atoms. The van der Waals surface area contributed by atoms with Gasteiger partial charge in [-0.25, -0.2) is 0 Å². The molecule has 0 aliphatic carbocycles. The third kappa shape index (κ3) is 18.7. The van der Waals surface area contributed by atoms with Gasteiger partial charge >= 0.3 is 11.9 Å². The predicted molar refractivity (Wildman–Crippen MR) is 112 cm³/mol. The van der Waals surface area contributed by atoms with Crippen LogP contribution in [0.4, 0.5) is 0 Å². The Morgan fingerprint density at radius 3 is 2.19 bits per heavy atom. The summed E-state index contributed by atoms with van der Waals surface area (Å²) in [5.41, 5.74) is 0. The zero-order chi connectivity index (χ0) is 20.2. The fourth-order valence-electron chi connectivity index (χ4n) is 2.56. The first-order chi connectivity index (χ1) is 13.1. The molecule has 0 aliphatic rings. The molecule has 0 fully saturated rings. The Morgan fingerprint density at radius 2 is 1.52 bits per heavy atom. The van der Waals surface area contributed by atoms with Gasteiger partial charge < -0.3 is 9.84 Å². The molecule has 1 unspecified atom stereocenters. The standard InChI is InChI=1S/C23H38O4/c1-3-5-7-8-9-10-11-14-17-21(27-23(26)20-6-4-2)18-15-12-13-16-19-22(24)25/h5,7,9-10,14,17,21H,3-4,6,8,11-13,15-16,18-20H2,1-2H3,(H,24,25)/b7-5-,10-9-,17-14-. The number of unbranched alkanes of at least 4 members (excludes halogenated alkanes) is 4. The van der Waals surface area contributed by atoms with Crippen LogP contribution in [-0.4, -0.2) is 23.1 Å². The molecule has 0 heterocycles. The monoisotopic (exact) mass is 378 g/mol. The minimum Gasteiger partial charge on any atom is -0.481 e. The Bertz CT molecular complexity index is 463. The minimum absolute atomic E-state index is 0.127. The van der Waals surface area contributed by atoms with Gasteiger partial charge in [0.1, 0.15) is 6.10 Å². The largest absolute Gasteiger partial charge is 0.481 e. The minimum atomic E-state index is -0.737. The van der Waals surface area contributed by atoms with Crippen LogP contribution >= 0.6 is 0 Å². The summed E-state index contributed by atoms with van der Waals surface area (Å²) in [7, 11) is 0. The second-order valence-electron chi connectivity index (χ2n) is 6.73. The highest BCUT2D eigenvalue weighted by atomic mass is 16.5. The predicted octanol–water partition coefficient (Wildman–Crippen LogP) is 6.37. The quantitative estimate of drug-likeness (QED) is 0.181. The van der Waals surface area contributed by atoms with Gasteiger partial charge in [-0.3, -0.25) is 9.59 Å². The Hall–Kier alpha value is -1.84. The van der Waals surface area contributed by atoms with Crippen LogP contribution in [0, 0.1) is 0 Å². The summed E-state index contributed by atoms with van der Waals surface area (Å²) in [4.78, 5) is 22.4. The van der Waals surface area contributed by atoms with E-state index in [0.717, 1.165) is 57.8 Å². The molecule has 154 valence electrons. The second-order valence-corrected chi connectivity index (χ2v) is 6.73. The number of hydrogen-bond donors (Lipinski definition) is 1. The van der Waals surface area contributed by atoms with Crippen molar-refractivity contribution in [3.05, 3.63) is 36.5 Å². The van der Waals surface area contributed by atoms with Gasteiger partial charge in [0.15, 0.2) is 0 Å². The molecule has 0 amide bonds. The van der Waals surface area contributed by atoms with E-state index in [-0.39, 0.29) is 18.5 Å². The fourth-order valence-corrected chi connectivity index (χ4v) is 2.56.